The predicted octanol–water partition coefficient (Wildman–Crippen LogP) is 4.72. The van der Waals surface area contributed by atoms with Crippen molar-refractivity contribution in [3.63, 3.8) is 0 Å². The van der Waals surface area contributed by atoms with E-state index >= 15 is 0 Å². The van der Waals surface area contributed by atoms with Gasteiger partial charge in [0.2, 0.25) is 0 Å². The molecule has 22 heavy (non-hydrogen) atoms. The van der Waals surface area contributed by atoms with E-state index in [1.54, 1.807) is 7.11 Å². The minimum absolute atomic E-state index is 0.907. The molecular formula is C20H25NO. The molecule has 0 fully saturated rings. The van der Waals surface area contributed by atoms with Gasteiger partial charge in [-0.2, -0.15) is 0 Å². The molecular weight excluding hydrogens is 270 g/mol. The van der Waals surface area contributed by atoms with Crippen LogP contribution in [0.1, 0.15) is 30.0 Å². The van der Waals surface area contributed by atoms with Gasteiger partial charge in [0, 0.05) is 19.5 Å². The van der Waals surface area contributed by atoms with Gasteiger partial charge in [0.25, 0.3) is 0 Å². The van der Waals surface area contributed by atoms with Gasteiger partial charge in [0.15, 0.2) is 0 Å². The lowest BCUT2D eigenvalue weighted by Gasteiger charge is -2.18. The maximum Gasteiger partial charge on any atom is 0.0958 e. The lowest BCUT2D eigenvalue weighted by molar-refractivity contribution is 0.284. The first-order chi connectivity index (χ1) is 10.7. The Labute approximate surface area is 134 Å². The highest BCUT2D eigenvalue weighted by Gasteiger charge is 2.06. The van der Waals surface area contributed by atoms with E-state index in [0.29, 0.717) is 0 Å². The van der Waals surface area contributed by atoms with Crippen LogP contribution < -0.4 is 0 Å². The van der Waals surface area contributed by atoms with Crippen molar-refractivity contribution in [2.75, 3.05) is 14.2 Å². The van der Waals surface area contributed by atoms with Crippen LogP contribution in [0.4, 0.5) is 0 Å². The van der Waals surface area contributed by atoms with Gasteiger partial charge in [-0.15, -0.1) is 0 Å². The largest absolute Gasteiger partial charge is 0.501 e. The van der Waals surface area contributed by atoms with Crippen LogP contribution in [0.2, 0.25) is 0 Å². The summed E-state index contributed by atoms with van der Waals surface area (Å²) < 4.78 is 5.41. The Morgan fingerprint density at radius 2 is 1.68 bits per heavy atom. The molecule has 0 N–H and O–H groups in total. The van der Waals surface area contributed by atoms with Crippen molar-refractivity contribution < 1.29 is 4.74 Å². The fourth-order valence-corrected chi connectivity index (χ4v) is 2.54. The van der Waals surface area contributed by atoms with E-state index in [0.717, 1.165) is 25.3 Å². The number of hydrogen-bond donors (Lipinski definition) is 0. The Morgan fingerprint density at radius 3 is 2.36 bits per heavy atom. The standard InChI is InChI=1S/C20H25NO/c1-4-20(22-3)14-18-12-8-9-13-19(18)16-21(2)15-17-10-6-5-7-11-17/h5-14H,4,15-16H2,1-3H3. The summed E-state index contributed by atoms with van der Waals surface area (Å²) in [5.41, 5.74) is 3.90. The highest BCUT2D eigenvalue weighted by molar-refractivity contribution is 5.55. The smallest absolute Gasteiger partial charge is 0.0958 e. The van der Waals surface area contributed by atoms with Gasteiger partial charge in [-0.3, -0.25) is 4.90 Å². The van der Waals surface area contributed by atoms with Crippen molar-refractivity contribution in [3.05, 3.63) is 77.0 Å². The van der Waals surface area contributed by atoms with E-state index in [1.807, 2.05) is 0 Å². The lowest BCUT2D eigenvalue weighted by atomic mass is 10.1. The minimum Gasteiger partial charge on any atom is -0.501 e. The van der Waals surface area contributed by atoms with Crippen LogP contribution >= 0.6 is 0 Å². The van der Waals surface area contributed by atoms with E-state index in [-0.39, 0.29) is 0 Å². The predicted molar refractivity (Wildman–Crippen MR) is 93.3 cm³/mol. The maximum absolute atomic E-state index is 5.41. The average Bonchev–Trinajstić information content (AvgIpc) is 2.55. The molecule has 0 bridgehead atoms. The highest BCUT2D eigenvalue weighted by Crippen LogP contribution is 2.17. The first-order valence-corrected chi connectivity index (χ1v) is 7.78. The summed E-state index contributed by atoms with van der Waals surface area (Å²) in [5, 5.41) is 0. The Bertz CT molecular complexity index is 598. The van der Waals surface area contributed by atoms with Crippen LogP contribution in [-0.4, -0.2) is 19.1 Å². The van der Waals surface area contributed by atoms with E-state index < -0.39 is 0 Å². The molecule has 0 heterocycles. The molecule has 0 unspecified atom stereocenters. The van der Waals surface area contributed by atoms with Crippen LogP contribution in [0, 0.1) is 0 Å². The van der Waals surface area contributed by atoms with Crippen molar-refractivity contribution in [1.29, 1.82) is 0 Å². The molecule has 0 radical (unpaired) electrons. The SMILES string of the molecule is CCC(=Cc1ccccc1CN(C)Cc1ccccc1)OC. The van der Waals surface area contributed by atoms with E-state index in [4.69, 9.17) is 4.74 Å². The lowest BCUT2D eigenvalue weighted by Crippen LogP contribution is -2.17. The number of ether oxygens (including phenoxy) is 1. The Balaban J connectivity index is 2.11. The Hall–Kier alpha value is -2.06. The van der Waals surface area contributed by atoms with E-state index in [2.05, 4.69) is 79.5 Å². The van der Waals surface area contributed by atoms with Gasteiger partial charge < -0.3 is 4.74 Å². The summed E-state index contributed by atoms with van der Waals surface area (Å²) in [6.07, 6.45) is 3.05. The molecule has 2 nitrogen and oxygen atoms in total. The molecule has 116 valence electrons. The summed E-state index contributed by atoms with van der Waals surface area (Å²) in [6.45, 7) is 3.98. The molecule has 0 saturated carbocycles. The van der Waals surface area contributed by atoms with Crippen molar-refractivity contribution in [3.8, 4) is 0 Å². The third kappa shape index (κ3) is 4.74. The second-order valence-corrected chi connectivity index (χ2v) is 5.53. The van der Waals surface area contributed by atoms with Gasteiger partial charge >= 0.3 is 0 Å². The molecule has 0 aliphatic rings. The summed E-state index contributed by atoms with van der Waals surface area (Å²) >= 11 is 0. The molecule has 2 aromatic carbocycles. The number of benzene rings is 2. The molecule has 0 aliphatic carbocycles. The summed E-state index contributed by atoms with van der Waals surface area (Å²) in [7, 11) is 3.89. The third-order valence-corrected chi connectivity index (χ3v) is 3.72. The number of rotatable bonds is 7. The Morgan fingerprint density at radius 1 is 1.00 bits per heavy atom. The zero-order valence-corrected chi connectivity index (χ0v) is 13.8. The van der Waals surface area contributed by atoms with Crippen LogP contribution in [0.3, 0.4) is 0 Å². The Kier molecular flexibility index (Phi) is 6.23. The second-order valence-electron chi connectivity index (χ2n) is 5.53. The van der Waals surface area contributed by atoms with Gasteiger partial charge in [0.05, 0.1) is 12.9 Å². The zero-order chi connectivity index (χ0) is 15.8. The molecule has 0 aliphatic heterocycles. The first-order valence-electron chi connectivity index (χ1n) is 7.78. The van der Waals surface area contributed by atoms with E-state index in [1.165, 1.54) is 16.7 Å². The number of methoxy groups -OCH3 is 1. The monoisotopic (exact) mass is 295 g/mol. The molecule has 2 heteroatoms. The van der Waals surface area contributed by atoms with Crippen LogP contribution in [0.15, 0.2) is 60.4 Å². The summed E-state index contributed by atoms with van der Waals surface area (Å²) in [6, 6.07) is 19.1. The topological polar surface area (TPSA) is 12.5 Å². The number of allylic oxidation sites excluding steroid dienone is 1. The fraction of sp³-hybridized carbons (Fsp3) is 0.300. The molecule has 0 atom stereocenters. The molecule has 0 spiro atoms. The summed E-state index contributed by atoms with van der Waals surface area (Å²) in [5.74, 6) is 1.01. The van der Waals surface area contributed by atoms with Crippen LogP contribution in [-0.2, 0) is 17.8 Å². The number of hydrogen-bond acceptors (Lipinski definition) is 2. The van der Waals surface area contributed by atoms with Gasteiger partial charge in [-0.25, -0.2) is 0 Å². The maximum atomic E-state index is 5.41. The zero-order valence-electron chi connectivity index (χ0n) is 13.8. The van der Waals surface area contributed by atoms with Crippen molar-refractivity contribution in [2.45, 2.75) is 26.4 Å². The van der Waals surface area contributed by atoms with Crippen molar-refractivity contribution >= 4 is 6.08 Å². The van der Waals surface area contributed by atoms with Gasteiger partial charge in [0.1, 0.15) is 0 Å². The molecule has 0 saturated heterocycles. The van der Waals surface area contributed by atoms with Crippen molar-refractivity contribution in [2.24, 2.45) is 0 Å². The normalized spacial score (nSPS) is 11.7. The fourth-order valence-electron chi connectivity index (χ4n) is 2.54. The van der Waals surface area contributed by atoms with Gasteiger partial charge in [-0.05, 0) is 29.8 Å². The third-order valence-electron chi connectivity index (χ3n) is 3.72. The summed E-state index contributed by atoms with van der Waals surface area (Å²) in [4.78, 5) is 2.33. The molecule has 2 aromatic rings. The van der Waals surface area contributed by atoms with Crippen LogP contribution in [0.25, 0.3) is 6.08 Å². The molecule has 2 rings (SSSR count). The highest BCUT2D eigenvalue weighted by atomic mass is 16.5. The first kappa shape index (κ1) is 16.3. The molecule has 0 amide bonds. The number of nitrogens with zero attached hydrogens (tertiary/aromatic N) is 1. The van der Waals surface area contributed by atoms with Crippen molar-refractivity contribution in [1.82, 2.24) is 4.90 Å². The minimum atomic E-state index is 0.907. The second kappa shape index (κ2) is 8.40. The molecule has 0 aromatic heterocycles. The quantitative estimate of drug-likeness (QED) is 0.686. The average molecular weight is 295 g/mol. The van der Waals surface area contributed by atoms with E-state index in [9.17, 15) is 0 Å². The van der Waals surface area contributed by atoms with Crippen LogP contribution in [0.5, 0.6) is 0 Å². The van der Waals surface area contributed by atoms with Gasteiger partial charge in [-0.1, -0.05) is 61.5 Å².